The van der Waals surface area contributed by atoms with Gasteiger partial charge < -0.3 is 18.6 Å². The Bertz CT molecular complexity index is 3840. The Kier molecular flexibility index (Phi) is 9.20. The number of hydrogen-bond acceptors (Lipinski definition) is 4. The van der Waals surface area contributed by atoms with Crippen LogP contribution in [-0.2, 0) is 0 Å². The molecular formula is C64H48N2O2. The Morgan fingerprint density at radius 2 is 0.618 bits per heavy atom. The highest BCUT2D eigenvalue weighted by molar-refractivity contribution is 6.22. The van der Waals surface area contributed by atoms with Crippen molar-refractivity contribution in [1.29, 1.82) is 0 Å². The first-order valence-corrected chi connectivity index (χ1v) is 23.8. The molecule has 326 valence electrons. The largest absolute Gasteiger partial charge is 0.455 e. The van der Waals surface area contributed by atoms with Crippen LogP contribution in [0.1, 0.15) is 50.7 Å². The fourth-order valence-corrected chi connectivity index (χ4v) is 10.4. The first-order valence-electron chi connectivity index (χ1n) is 23.8. The van der Waals surface area contributed by atoms with Crippen LogP contribution >= 0.6 is 0 Å². The molecule has 13 aromatic rings. The highest BCUT2D eigenvalue weighted by atomic mass is 16.3. The van der Waals surface area contributed by atoms with E-state index in [0.29, 0.717) is 11.8 Å². The van der Waals surface area contributed by atoms with Crippen molar-refractivity contribution in [2.24, 2.45) is 0 Å². The van der Waals surface area contributed by atoms with Crippen LogP contribution in [0, 0.1) is 0 Å². The van der Waals surface area contributed by atoms with E-state index >= 15 is 0 Å². The standard InChI is InChI=1S/C64H48N2O2/c1-39(2)41-15-17-45-33-51(23-19-43(45)31-41)65(49-11-7-5-8-12-49)53-25-29-55-47(35-53)21-27-57-59-37-62-60(38-61(59)67-63(55)57)58-28-22-48-36-54(26-30-56(48)64(58)68-62)66(50-13-9-6-10-14-50)52-24-20-44-32-42(40(3)4)16-18-46(44)34-52/h5-40H,1-4H3. The zero-order valence-electron chi connectivity index (χ0n) is 38.5. The Hall–Kier alpha value is -8.34. The predicted molar refractivity (Wildman–Crippen MR) is 289 cm³/mol. The molecule has 4 heteroatoms. The zero-order chi connectivity index (χ0) is 45.6. The lowest BCUT2D eigenvalue weighted by Gasteiger charge is -2.26. The van der Waals surface area contributed by atoms with Crippen molar-refractivity contribution in [2.75, 3.05) is 9.80 Å². The van der Waals surface area contributed by atoms with E-state index in [2.05, 4.69) is 244 Å². The second-order valence-corrected chi connectivity index (χ2v) is 19.0. The second kappa shape index (κ2) is 15.6. The van der Waals surface area contributed by atoms with Crippen LogP contribution in [0.3, 0.4) is 0 Å². The predicted octanol–water partition coefficient (Wildman–Crippen LogP) is 19.3. The van der Waals surface area contributed by atoms with Crippen LogP contribution in [0.5, 0.6) is 0 Å². The van der Waals surface area contributed by atoms with Crippen LogP contribution in [0.2, 0.25) is 0 Å². The monoisotopic (exact) mass is 876 g/mol. The molecule has 0 amide bonds. The van der Waals surface area contributed by atoms with E-state index in [0.717, 1.165) is 99.5 Å². The Balaban J connectivity index is 0.877. The van der Waals surface area contributed by atoms with Gasteiger partial charge in [0.2, 0.25) is 0 Å². The van der Waals surface area contributed by atoms with Gasteiger partial charge in [0.15, 0.2) is 0 Å². The lowest BCUT2D eigenvalue weighted by atomic mass is 9.98. The Morgan fingerprint density at radius 1 is 0.279 bits per heavy atom. The molecule has 0 aliphatic heterocycles. The molecule has 0 aliphatic rings. The summed E-state index contributed by atoms with van der Waals surface area (Å²) in [5.41, 5.74) is 12.8. The minimum atomic E-state index is 0.483. The molecule has 11 aromatic carbocycles. The van der Waals surface area contributed by atoms with Gasteiger partial charge in [-0.15, -0.1) is 0 Å². The zero-order valence-corrected chi connectivity index (χ0v) is 38.5. The molecule has 2 aromatic heterocycles. The minimum absolute atomic E-state index is 0.483. The van der Waals surface area contributed by atoms with Gasteiger partial charge in [0.05, 0.1) is 0 Å². The van der Waals surface area contributed by atoms with E-state index in [-0.39, 0.29) is 0 Å². The lowest BCUT2D eigenvalue weighted by molar-refractivity contribution is 0.667. The molecular weight excluding hydrogens is 829 g/mol. The lowest BCUT2D eigenvalue weighted by Crippen LogP contribution is -2.09. The maximum Gasteiger partial charge on any atom is 0.143 e. The molecule has 0 unspecified atom stereocenters. The number of rotatable bonds is 8. The van der Waals surface area contributed by atoms with Crippen LogP contribution < -0.4 is 9.80 Å². The summed E-state index contributed by atoms with van der Waals surface area (Å²) in [6.07, 6.45) is 0. The summed E-state index contributed by atoms with van der Waals surface area (Å²) in [4.78, 5) is 4.68. The number of anilines is 6. The van der Waals surface area contributed by atoms with E-state index in [9.17, 15) is 0 Å². The van der Waals surface area contributed by atoms with E-state index in [4.69, 9.17) is 8.83 Å². The van der Waals surface area contributed by atoms with Crippen molar-refractivity contribution >= 4 is 121 Å². The third-order valence-corrected chi connectivity index (χ3v) is 14.1. The summed E-state index contributed by atoms with van der Waals surface area (Å²) in [5, 5.41) is 13.6. The molecule has 0 saturated carbocycles. The van der Waals surface area contributed by atoms with E-state index < -0.39 is 0 Å². The summed E-state index contributed by atoms with van der Waals surface area (Å²) in [6.45, 7) is 8.98. The smallest absolute Gasteiger partial charge is 0.143 e. The second-order valence-electron chi connectivity index (χ2n) is 19.0. The van der Waals surface area contributed by atoms with Gasteiger partial charge in [-0.05, 0) is 164 Å². The molecule has 2 heterocycles. The third-order valence-electron chi connectivity index (χ3n) is 14.1. The van der Waals surface area contributed by atoms with Crippen molar-refractivity contribution in [2.45, 2.75) is 39.5 Å². The van der Waals surface area contributed by atoms with Gasteiger partial charge in [0.1, 0.15) is 22.3 Å². The highest BCUT2D eigenvalue weighted by Crippen LogP contribution is 2.44. The van der Waals surface area contributed by atoms with Gasteiger partial charge >= 0.3 is 0 Å². The molecule has 0 spiro atoms. The third kappa shape index (κ3) is 6.59. The summed E-state index contributed by atoms with van der Waals surface area (Å²) in [7, 11) is 0. The molecule has 0 radical (unpaired) electrons. The van der Waals surface area contributed by atoms with Crippen molar-refractivity contribution in [1.82, 2.24) is 0 Å². The van der Waals surface area contributed by atoms with E-state index in [1.807, 2.05) is 0 Å². The van der Waals surface area contributed by atoms with Crippen LogP contribution in [0.25, 0.3) is 87.0 Å². The topological polar surface area (TPSA) is 32.8 Å². The van der Waals surface area contributed by atoms with Crippen LogP contribution in [0.4, 0.5) is 34.1 Å². The molecule has 0 N–H and O–H groups in total. The van der Waals surface area contributed by atoms with E-state index in [1.165, 1.54) is 32.7 Å². The summed E-state index contributed by atoms with van der Waals surface area (Å²) in [5.74, 6) is 0.967. The van der Waals surface area contributed by atoms with E-state index in [1.54, 1.807) is 0 Å². The van der Waals surface area contributed by atoms with Gasteiger partial charge in [-0.2, -0.15) is 0 Å². The van der Waals surface area contributed by atoms with Crippen LogP contribution in [0.15, 0.2) is 215 Å². The number of benzene rings is 11. The highest BCUT2D eigenvalue weighted by Gasteiger charge is 2.20. The number of fused-ring (bicyclic) bond motifs is 12. The molecule has 0 saturated heterocycles. The Morgan fingerprint density at radius 3 is 1.03 bits per heavy atom. The van der Waals surface area contributed by atoms with Crippen molar-refractivity contribution in [3.63, 3.8) is 0 Å². The average molecular weight is 877 g/mol. The number of hydrogen-bond donors (Lipinski definition) is 0. The quantitative estimate of drug-likeness (QED) is 0.152. The number of furan rings is 2. The normalized spacial score (nSPS) is 12.1. The van der Waals surface area contributed by atoms with Crippen molar-refractivity contribution in [3.05, 3.63) is 217 Å². The molecule has 0 bridgehead atoms. The van der Waals surface area contributed by atoms with Gasteiger partial charge in [-0.3, -0.25) is 0 Å². The number of para-hydroxylation sites is 2. The molecule has 13 rings (SSSR count). The summed E-state index contributed by atoms with van der Waals surface area (Å²) in [6, 6.07) is 75.0. The van der Waals surface area contributed by atoms with Gasteiger partial charge in [0, 0.05) is 66.4 Å². The molecule has 0 atom stereocenters. The van der Waals surface area contributed by atoms with Crippen LogP contribution in [-0.4, -0.2) is 0 Å². The SMILES string of the molecule is CC(C)c1ccc2cc(N(c3ccccc3)c3ccc4c(ccc5c6cc7oc8c9ccc(N(c%10ccccc%10)c%10ccc%11cc(C(C)C)ccc%11c%10)cc9ccc8c7cc6oc45)c3)ccc2c1. The maximum absolute atomic E-state index is 6.83. The molecule has 4 nitrogen and oxygen atoms in total. The fraction of sp³-hybridized carbons (Fsp3) is 0.0938. The summed E-state index contributed by atoms with van der Waals surface area (Å²) < 4.78 is 13.7. The van der Waals surface area contributed by atoms with Crippen molar-refractivity contribution < 1.29 is 8.83 Å². The fourth-order valence-electron chi connectivity index (χ4n) is 10.4. The Labute approximate surface area is 394 Å². The van der Waals surface area contributed by atoms with Gasteiger partial charge in [-0.1, -0.05) is 125 Å². The van der Waals surface area contributed by atoms with Crippen molar-refractivity contribution in [3.8, 4) is 0 Å². The average Bonchev–Trinajstić information content (AvgIpc) is 3.93. The molecule has 0 fully saturated rings. The first kappa shape index (κ1) is 40.0. The minimum Gasteiger partial charge on any atom is -0.455 e. The first-order chi connectivity index (χ1) is 33.3. The summed E-state index contributed by atoms with van der Waals surface area (Å²) >= 11 is 0. The molecule has 0 aliphatic carbocycles. The van der Waals surface area contributed by atoms with Gasteiger partial charge in [-0.25, -0.2) is 0 Å². The maximum atomic E-state index is 6.83. The number of nitrogens with zero attached hydrogens (tertiary/aromatic N) is 2. The van der Waals surface area contributed by atoms with Gasteiger partial charge in [0.25, 0.3) is 0 Å². The molecule has 68 heavy (non-hydrogen) atoms.